The molecule has 0 aliphatic heterocycles. The van der Waals surface area contributed by atoms with Crippen molar-refractivity contribution in [3.8, 4) is 11.8 Å². The molecular weight excluding hydrogens is 437 g/mol. The molecular formula is C29H37F3O2. The molecule has 0 amide bonds. The normalized spacial score (nSPS) is 43.8. The van der Waals surface area contributed by atoms with Crippen molar-refractivity contribution < 1.29 is 23.0 Å². The molecule has 0 heterocycles. The van der Waals surface area contributed by atoms with E-state index in [2.05, 4.69) is 25.7 Å². The molecule has 8 atom stereocenters. The number of hydrogen-bond acceptors (Lipinski definition) is 2. The first-order chi connectivity index (χ1) is 16.0. The number of fused-ring (bicyclic) bond motifs is 5. The Balaban J connectivity index is 1.31. The maximum Gasteiger partial charge on any atom is 0.416 e. The van der Waals surface area contributed by atoms with Crippen molar-refractivity contribution in [2.24, 2.45) is 34.5 Å². The zero-order chi connectivity index (χ0) is 24.4. The highest BCUT2D eigenvalue weighted by Crippen LogP contribution is 2.67. The van der Waals surface area contributed by atoms with Crippen LogP contribution in [0, 0.1) is 46.3 Å². The fourth-order valence-electron chi connectivity index (χ4n) is 8.63. The maximum atomic E-state index is 12.8. The highest BCUT2D eigenvalue weighted by Gasteiger charge is 2.61. The molecule has 4 saturated carbocycles. The van der Waals surface area contributed by atoms with E-state index in [9.17, 15) is 18.3 Å². The van der Waals surface area contributed by atoms with Crippen molar-refractivity contribution in [1.29, 1.82) is 0 Å². The van der Waals surface area contributed by atoms with E-state index in [-0.39, 0.29) is 5.41 Å². The van der Waals surface area contributed by atoms with Gasteiger partial charge in [-0.15, -0.1) is 0 Å². The summed E-state index contributed by atoms with van der Waals surface area (Å²) in [5.41, 5.74) is -0.680. The van der Waals surface area contributed by atoms with Gasteiger partial charge in [0, 0.05) is 12.7 Å². The molecule has 4 aliphatic rings. The Bertz CT molecular complexity index is 976. The van der Waals surface area contributed by atoms with E-state index in [1.54, 1.807) is 0 Å². The summed E-state index contributed by atoms with van der Waals surface area (Å²) < 4.78 is 44.4. The molecule has 2 nitrogen and oxygen atoms in total. The van der Waals surface area contributed by atoms with E-state index in [0.29, 0.717) is 41.8 Å². The van der Waals surface area contributed by atoms with Crippen molar-refractivity contribution in [1.82, 2.24) is 0 Å². The van der Waals surface area contributed by atoms with Crippen LogP contribution in [0.1, 0.15) is 82.8 Å². The first-order valence-corrected chi connectivity index (χ1v) is 12.9. The van der Waals surface area contributed by atoms with Gasteiger partial charge in [0.15, 0.2) is 0 Å². The van der Waals surface area contributed by atoms with E-state index in [0.717, 1.165) is 36.8 Å². The van der Waals surface area contributed by atoms with Crippen LogP contribution in [0.5, 0.6) is 0 Å². The Morgan fingerprint density at radius 2 is 1.62 bits per heavy atom. The summed E-state index contributed by atoms with van der Waals surface area (Å²) >= 11 is 0. The Kier molecular flexibility index (Phi) is 5.89. The Hall–Kier alpha value is -1.51. The Labute approximate surface area is 201 Å². The minimum absolute atomic E-state index is 0.234. The number of rotatable bonds is 1. The van der Waals surface area contributed by atoms with Gasteiger partial charge in [-0.3, -0.25) is 0 Å². The van der Waals surface area contributed by atoms with Gasteiger partial charge in [-0.25, -0.2) is 0 Å². The van der Waals surface area contributed by atoms with Gasteiger partial charge in [-0.2, -0.15) is 13.2 Å². The lowest BCUT2D eigenvalue weighted by Crippen LogP contribution is -2.56. The molecule has 0 saturated heterocycles. The van der Waals surface area contributed by atoms with Gasteiger partial charge in [-0.1, -0.05) is 25.7 Å². The molecule has 0 unspecified atom stereocenters. The van der Waals surface area contributed by atoms with Gasteiger partial charge in [0.1, 0.15) is 5.60 Å². The SMILES string of the molecule is CO[C@H]1CC[C@H]2[C@@H]3CC[C@@H]4C[C@@](O)(C#Cc5ccc(C(F)(F)F)cc5)CC[C@]4(C)[C@H]3CC[C@]12C. The van der Waals surface area contributed by atoms with E-state index in [1.807, 2.05) is 7.11 Å². The van der Waals surface area contributed by atoms with Crippen LogP contribution in [0.2, 0.25) is 0 Å². The van der Waals surface area contributed by atoms with E-state index in [1.165, 1.54) is 44.2 Å². The van der Waals surface area contributed by atoms with Gasteiger partial charge >= 0.3 is 6.18 Å². The van der Waals surface area contributed by atoms with Gasteiger partial charge in [0.25, 0.3) is 0 Å². The second kappa shape index (κ2) is 8.27. The number of alkyl halides is 3. The first-order valence-electron chi connectivity index (χ1n) is 12.9. The molecule has 4 aliphatic carbocycles. The molecule has 186 valence electrons. The largest absolute Gasteiger partial charge is 0.416 e. The van der Waals surface area contributed by atoms with Gasteiger partial charge in [0.2, 0.25) is 0 Å². The van der Waals surface area contributed by atoms with Gasteiger partial charge in [0.05, 0.1) is 11.7 Å². The van der Waals surface area contributed by atoms with Crippen LogP contribution in [-0.2, 0) is 10.9 Å². The second-order valence-corrected chi connectivity index (χ2v) is 12.1. The predicted molar refractivity (Wildman–Crippen MR) is 126 cm³/mol. The quantitative estimate of drug-likeness (QED) is 0.451. The van der Waals surface area contributed by atoms with Crippen molar-refractivity contribution in [2.75, 3.05) is 7.11 Å². The summed E-state index contributed by atoms with van der Waals surface area (Å²) in [6, 6.07) is 4.90. The summed E-state index contributed by atoms with van der Waals surface area (Å²) in [7, 11) is 1.87. The van der Waals surface area contributed by atoms with Crippen LogP contribution < -0.4 is 0 Å². The Morgan fingerprint density at radius 3 is 2.29 bits per heavy atom. The third kappa shape index (κ3) is 3.90. The summed E-state index contributed by atoms with van der Waals surface area (Å²) in [6.45, 7) is 4.92. The molecule has 0 radical (unpaired) electrons. The third-order valence-electron chi connectivity index (χ3n) is 10.6. The second-order valence-electron chi connectivity index (χ2n) is 12.1. The summed E-state index contributed by atoms with van der Waals surface area (Å²) in [4.78, 5) is 0. The lowest BCUT2D eigenvalue weighted by molar-refractivity contribution is -0.146. The molecule has 0 aromatic heterocycles. The summed E-state index contributed by atoms with van der Waals surface area (Å²) in [6.07, 6.45) is 5.61. The fraction of sp³-hybridized carbons (Fsp3) is 0.724. The zero-order valence-electron chi connectivity index (χ0n) is 20.5. The number of hydrogen-bond donors (Lipinski definition) is 1. The monoisotopic (exact) mass is 474 g/mol. The average Bonchev–Trinajstić information content (AvgIpc) is 3.14. The van der Waals surface area contributed by atoms with Crippen LogP contribution in [0.4, 0.5) is 13.2 Å². The molecule has 5 heteroatoms. The smallest absolute Gasteiger partial charge is 0.381 e. The lowest BCUT2D eigenvalue weighted by atomic mass is 9.44. The van der Waals surface area contributed by atoms with Crippen molar-refractivity contribution >= 4 is 0 Å². The summed E-state index contributed by atoms with van der Waals surface area (Å²) in [5, 5.41) is 11.4. The minimum atomic E-state index is -4.35. The molecule has 0 bridgehead atoms. The third-order valence-corrected chi connectivity index (χ3v) is 10.6. The highest BCUT2D eigenvalue weighted by atomic mass is 19.4. The molecule has 1 aromatic carbocycles. The van der Waals surface area contributed by atoms with E-state index in [4.69, 9.17) is 4.74 Å². The predicted octanol–water partition coefficient (Wildman–Crippen LogP) is 6.85. The fourth-order valence-corrected chi connectivity index (χ4v) is 8.63. The number of aliphatic hydroxyl groups is 1. The standard InChI is InChI=1S/C29H37F3O2/c1-26-16-17-28(33,15-12-19-4-6-20(7-5-19)29(30,31)32)18-21(26)8-9-22-23-10-11-25(34-3)27(23,2)14-13-24(22)26/h4-7,21-25,33H,8-11,13-14,16-18H2,1-3H3/t21-,22+,23+,24+,25+,26+,27+,28-/m1/s1. The van der Waals surface area contributed by atoms with Crippen molar-refractivity contribution in [3.05, 3.63) is 35.4 Å². The molecule has 1 N–H and O–H groups in total. The van der Waals surface area contributed by atoms with Crippen molar-refractivity contribution in [3.63, 3.8) is 0 Å². The number of methoxy groups -OCH3 is 1. The van der Waals surface area contributed by atoms with Crippen LogP contribution >= 0.6 is 0 Å². The van der Waals surface area contributed by atoms with Crippen LogP contribution in [0.15, 0.2) is 24.3 Å². The topological polar surface area (TPSA) is 29.5 Å². The number of benzene rings is 1. The summed E-state index contributed by atoms with van der Waals surface area (Å²) in [5.74, 6) is 8.67. The van der Waals surface area contributed by atoms with Crippen LogP contribution in [-0.4, -0.2) is 23.9 Å². The maximum absolute atomic E-state index is 12.8. The molecule has 5 rings (SSSR count). The zero-order valence-corrected chi connectivity index (χ0v) is 20.5. The molecule has 1 aromatic rings. The molecule has 4 fully saturated rings. The van der Waals surface area contributed by atoms with Crippen molar-refractivity contribution in [2.45, 2.75) is 89.5 Å². The van der Waals surface area contributed by atoms with Gasteiger partial charge < -0.3 is 9.84 Å². The van der Waals surface area contributed by atoms with Crippen LogP contribution in [0.25, 0.3) is 0 Å². The van der Waals surface area contributed by atoms with Gasteiger partial charge in [-0.05, 0) is 117 Å². The highest BCUT2D eigenvalue weighted by molar-refractivity contribution is 5.39. The minimum Gasteiger partial charge on any atom is -0.381 e. The average molecular weight is 475 g/mol. The van der Waals surface area contributed by atoms with Crippen LogP contribution in [0.3, 0.4) is 0 Å². The number of halogens is 3. The molecule has 34 heavy (non-hydrogen) atoms. The lowest BCUT2D eigenvalue weighted by Gasteiger charge is -2.61. The van der Waals surface area contributed by atoms with E-state index < -0.39 is 17.3 Å². The molecule has 0 spiro atoms. The first kappa shape index (κ1) is 24.2. The van der Waals surface area contributed by atoms with E-state index >= 15 is 0 Å². The Morgan fingerprint density at radius 1 is 0.912 bits per heavy atom. The number of ether oxygens (including phenoxy) is 1.